The Balaban J connectivity index is 2.42. The third kappa shape index (κ3) is 0.877. The van der Waals surface area contributed by atoms with Gasteiger partial charge in [-0.1, -0.05) is 0 Å². The Bertz CT molecular complexity index is 99.8. The summed E-state index contributed by atoms with van der Waals surface area (Å²) in [4.78, 5) is 10.6. The van der Waals surface area contributed by atoms with Gasteiger partial charge in [-0.3, -0.25) is 4.79 Å². The topological polar surface area (TPSA) is 35.5 Å². The van der Waals surface area contributed by atoms with E-state index >= 15 is 0 Å². The molecule has 0 aromatic heterocycles. The van der Waals surface area contributed by atoms with Gasteiger partial charge in [0, 0.05) is 13.5 Å². The molecule has 0 radical (unpaired) electrons. The molecule has 0 spiro atoms. The fraction of sp³-hybridized carbons (Fsp3) is 0.800. The average Bonchev–Trinajstić information content (AvgIpc) is 2.14. The highest BCUT2D eigenvalue weighted by atomic mass is 16.7. The Kier molecular flexibility index (Phi) is 1.60. The van der Waals surface area contributed by atoms with Gasteiger partial charge in [0.15, 0.2) is 5.78 Å². The van der Waals surface area contributed by atoms with Crippen molar-refractivity contribution in [2.75, 3.05) is 13.7 Å². The minimum absolute atomic E-state index is 0.0486. The van der Waals surface area contributed by atoms with Crippen LogP contribution < -0.4 is 0 Å². The lowest BCUT2D eigenvalue weighted by atomic mass is 10.3. The molecule has 0 aromatic carbocycles. The molecule has 3 heteroatoms. The molecule has 46 valence electrons. The number of carbonyl (C=O) groups is 1. The van der Waals surface area contributed by atoms with Crippen molar-refractivity contribution in [1.29, 1.82) is 0 Å². The molecule has 1 aliphatic rings. The Hall–Kier alpha value is -0.410. The van der Waals surface area contributed by atoms with Crippen LogP contribution in [0.5, 0.6) is 0 Å². The molecule has 1 saturated heterocycles. The van der Waals surface area contributed by atoms with Gasteiger partial charge >= 0.3 is 0 Å². The van der Waals surface area contributed by atoms with Gasteiger partial charge < -0.3 is 9.47 Å². The van der Waals surface area contributed by atoms with Crippen LogP contribution in [-0.4, -0.2) is 25.8 Å². The molecule has 0 aliphatic carbocycles. The van der Waals surface area contributed by atoms with Gasteiger partial charge in [-0.25, -0.2) is 0 Å². The first kappa shape index (κ1) is 5.72. The van der Waals surface area contributed by atoms with Gasteiger partial charge in [0.25, 0.3) is 0 Å². The van der Waals surface area contributed by atoms with E-state index in [1.807, 2.05) is 0 Å². The largest absolute Gasteiger partial charge is 0.349 e. The molecule has 0 bridgehead atoms. The Morgan fingerprint density at radius 2 is 2.62 bits per heavy atom. The number of hydrogen-bond acceptors (Lipinski definition) is 3. The van der Waals surface area contributed by atoms with Gasteiger partial charge in [-0.05, 0) is 0 Å². The molecule has 3 nitrogen and oxygen atoms in total. The lowest BCUT2D eigenvalue weighted by molar-refractivity contribution is -0.145. The highest BCUT2D eigenvalue weighted by molar-refractivity contribution is 5.83. The molecule has 0 aromatic rings. The van der Waals surface area contributed by atoms with Gasteiger partial charge in [-0.2, -0.15) is 0 Å². The van der Waals surface area contributed by atoms with Crippen LogP contribution in [0.1, 0.15) is 6.42 Å². The lowest BCUT2D eigenvalue weighted by Gasteiger charge is -2.01. The maximum atomic E-state index is 10.6. The van der Waals surface area contributed by atoms with E-state index < -0.39 is 6.29 Å². The van der Waals surface area contributed by atoms with Crippen molar-refractivity contribution in [3.05, 3.63) is 0 Å². The first-order valence-corrected chi connectivity index (χ1v) is 2.51. The van der Waals surface area contributed by atoms with Crippen molar-refractivity contribution in [2.24, 2.45) is 0 Å². The van der Waals surface area contributed by atoms with Crippen molar-refractivity contribution < 1.29 is 14.3 Å². The minimum atomic E-state index is -0.574. The van der Waals surface area contributed by atoms with Crippen molar-refractivity contribution in [2.45, 2.75) is 12.7 Å². The smallest absolute Gasteiger partial charge is 0.217 e. The summed E-state index contributed by atoms with van der Waals surface area (Å²) in [6.45, 7) is 0.511. The first-order valence-electron chi connectivity index (χ1n) is 2.51. The summed E-state index contributed by atoms with van der Waals surface area (Å²) in [5, 5.41) is 0. The summed E-state index contributed by atoms with van der Waals surface area (Å²) < 4.78 is 9.49. The van der Waals surface area contributed by atoms with Crippen LogP contribution in [-0.2, 0) is 14.3 Å². The van der Waals surface area contributed by atoms with Crippen LogP contribution >= 0.6 is 0 Å². The standard InChI is InChI=1S/C5H8O3/c1-7-5-4(6)2-3-8-5/h5H,2-3H2,1H3. The quantitative estimate of drug-likeness (QED) is 0.481. The zero-order valence-corrected chi connectivity index (χ0v) is 4.72. The fourth-order valence-corrected chi connectivity index (χ4v) is 0.677. The number of carbonyl (C=O) groups excluding carboxylic acids is 1. The average molecular weight is 116 g/mol. The zero-order chi connectivity index (χ0) is 5.98. The van der Waals surface area contributed by atoms with E-state index in [0.717, 1.165) is 0 Å². The first-order chi connectivity index (χ1) is 3.84. The molecule has 1 heterocycles. The van der Waals surface area contributed by atoms with E-state index in [9.17, 15) is 4.79 Å². The number of ketones is 1. The van der Waals surface area contributed by atoms with E-state index in [2.05, 4.69) is 4.74 Å². The second kappa shape index (κ2) is 2.24. The molecule has 0 saturated carbocycles. The normalized spacial score (nSPS) is 29.1. The second-order valence-electron chi connectivity index (χ2n) is 1.65. The molecule has 0 amide bonds. The molecule has 1 fully saturated rings. The number of Topliss-reactive ketones (excluding diaryl/α,β-unsaturated/α-hetero) is 1. The SMILES string of the molecule is COC1OCCC1=O. The highest BCUT2D eigenvalue weighted by Crippen LogP contribution is 2.07. The van der Waals surface area contributed by atoms with E-state index in [4.69, 9.17) is 4.74 Å². The lowest BCUT2D eigenvalue weighted by Crippen LogP contribution is -2.16. The van der Waals surface area contributed by atoms with Crippen LogP contribution in [0.25, 0.3) is 0 Å². The summed E-state index contributed by atoms with van der Waals surface area (Å²) >= 11 is 0. The molecule has 1 atom stereocenters. The number of hydrogen-bond donors (Lipinski definition) is 0. The molecule has 1 unspecified atom stereocenters. The third-order valence-electron chi connectivity index (χ3n) is 1.09. The number of methoxy groups -OCH3 is 1. The fourth-order valence-electron chi connectivity index (χ4n) is 0.677. The van der Waals surface area contributed by atoms with E-state index in [1.165, 1.54) is 7.11 Å². The molecule has 0 N–H and O–H groups in total. The van der Waals surface area contributed by atoms with Gasteiger partial charge in [0.05, 0.1) is 6.61 Å². The molecular formula is C5H8O3. The van der Waals surface area contributed by atoms with Gasteiger partial charge in [0.1, 0.15) is 0 Å². The van der Waals surface area contributed by atoms with Crippen LogP contribution in [0.15, 0.2) is 0 Å². The van der Waals surface area contributed by atoms with Crippen molar-refractivity contribution >= 4 is 5.78 Å². The maximum Gasteiger partial charge on any atom is 0.217 e. The molecule has 1 rings (SSSR count). The van der Waals surface area contributed by atoms with Crippen LogP contribution in [0.3, 0.4) is 0 Å². The van der Waals surface area contributed by atoms with Crippen molar-refractivity contribution in [1.82, 2.24) is 0 Å². The maximum absolute atomic E-state index is 10.6. The van der Waals surface area contributed by atoms with Crippen LogP contribution in [0, 0.1) is 0 Å². The van der Waals surface area contributed by atoms with Crippen molar-refractivity contribution in [3.63, 3.8) is 0 Å². The zero-order valence-electron chi connectivity index (χ0n) is 4.72. The van der Waals surface area contributed by atoms with E-state index in [1.54, 1.807) is 0 Å². The summed E-state index contributed by atoms with van der Waals surface area (Å²) in [6.07, 6.45) is -0.0756. The Labute approximate surface area is 47.6 Å². The minimum Gasteiger partial charge on any atom is -0.349 e. The predicted molar refractivity (Wildman–Crippen MR) is 26.4 cm³/mol. The summed E-state index contributed by atoms with van der Waals surface area (Å²) in [7, 11) is 1.47. The highest BCUT2D eigenvalue weighted by Gasteiger charge is 2.23. The van der Waals surface area contributed by atoms with Crippen LogP contribution in [0.2, 0.25) is 0 Å². The molecule has 1 aliphatic heterocycles. The summed E-state index contributed by atoms with van der Waals surface area (Å²) in [5.41, 5.74) is 0. The van der Waals surface area contributed by atoms with E-state index in [0.29, 0.717) is 13.0 Å². The van der Waals surface area contributed by atoms with Crippen molar-refractivity contribution in [3.8, 4) is 0 Å². The summed E-state index contributed by atoms with van der Waals surface area (Å²) in [6, 6.07) is 0. The molecule has 8 heavy (non-hydrogen) atoms. The second-order valence-corrected chi connectivity index (χ2v) is 1.65. The Morgan fingerprint density at radius 1 is 1.88 bits per heavy atom. The third-order valence-corrected chi connectivity index (χ3v) is 1.09. The number of ether oxygens (including phenoxy) is 2. The predicted octanol–water partition coefficient (Wildman–Crippen LogP) is -0.0517. The number of rotatable bonds is 1. The van der Waals surface area contributed by atoms with Gasteiger partial charge in [-0.15, -0.1) is 0 Å². The Morgan fingerprint density at radius 3 is 2.88 bits per heavy atom. The van der Waals surface area contributed by atoms with E-state index in [-0.39, 0.29) is 5.78 Å². The van der Waals surface area contributed by atoms with Gasteiger partial charge in [0.2, 0.25) is 6.29 Å². The van der Waals surface area contributed by atoms with Crippen LogP contribution in [0.4, 0.5) is 0 Å². The monoisotopic (exact) mass is 116 g/mol. The molecular weight excluding hydrogens is 108 g/mol. The summed E-state index contributed by atoms with van der Waals surface area (Å²) in [5.74, 6) is 0.0486.